The Morgan fingerprint density at radius 3 is 2.69 bits per heavy atom. The van der Waals surface area contributed by atoms with E-state index in [9.17, 15) is 12.8 Å². The maximum absolute atomic E-state index is 13.4. The average molecular weight is 352 g/mol. The summed E-state index contributed by atoms with van der Waals surface area (Å²) in [7, 11) is -3.87. The van der Waals surface area contributed by atoms with Crippen LogP contribution in [0.1, 0.15) is 0 Å². The first-order valence-corrected chi connectivity index (χ1v) is 6.78. The minimum Gasteiger partial charge on any atom is -0.252 e. The molecule has 4 nitrogen and oxygen atoms in total. The summed E-state index contributed by atoms with van der Waals surface area (Å²) in [6, 6.07) is 3.72. The molecule has 0 saturated heterocycles. The zero-order valence-electron chi connectivity index (χ0n) is 7.81. The molecule has 7 heteroatoms. The first-order valence-electron chi connectivity index (χ1n) is 4.16. The SMILES string of the molecule is NS(=O)(=O)c1ccc(F)c2ncc(I)cc12. The number of hydrogen-bond acceptors (Lipinski definition) is 3. The molecule has 0 amide bonds. The summed E-state index contributed by atoms with van der Waals surface area (Å²) in [4.78, 5) is 3.74. The van der Waals surface area contributed by atoms with Gasteiger partial charge in [0.2, 0.25) is 10.0 Å². The number of fused-ring (bicyclic) bond motifs is 1. The van der Waals surface area contributed by atoms with Crippen LogP contribution in [0.3, 0.4) is 0 Å². The highest BCUT2D eigenvalue weighted by atomic mass is 127. The van der Waals surface area contributed by atoms with E-state index >= 15 is 0 Å². The van der Waals surface area contributed by atoms with Crippen molar-refractivity contribution >= 4 is 43.5 Å². The van der Waals surface area contributed by atoms with Gasteiger partial charge in [0.05, 0.1) is 4.90 Å². The van der Waals surface area contributed by atoms with E-state index in [0.29, 0.717) is 3.57 Å². The fraction of sp³-hybridized carbons (Fsp3) is 0. The van der Waals surface area contributed by atoms with E-state index in [2.05, 4.69) is 4.98 Å². The van der Waals surface area contributed by atoms with E-state index < -0.39 is 15.8 Å². The second-order valence-corrected chi connectivity index (χ2v) is 5.92. The topological polar surface area (TPSA) is 73.1 Å². The number of rotatable bonds is 1. The first kappa shape index (κ1) is 11.7. The van der Waals surface area contributed by atoms with Gasteiger partial charge in [0.15, 0.2) is 0 Å². The normalized spacial score (nSPS) is 11.9. The number of nitrogens with zero attached hydrogens (tertiary/aromatic N) is 1. The molecule has 1 heterocycles. The van der Waals surface area contributed by atoms with Gasteiger partial charge in [-0.3, -0.25) is 4.98 Å². The van der Waals surface area contributed by atoms with Crippen LogP contribution >= 0.6 is 22.6 Å². The molecular weight excluding hydrogens is 346 g/mol. The smallest absolute Gasteiger partial charge is 0.238 e. The van der Waals surface area contributed by atoms with Crippen molar-refractivity contribution in [2.24, 2.45) is 5.14 Å². The second kappa shape index (κ2) is 3.90. The Kier molecular flexibility index (Phi) is 2.84. The Balaban J connectivity index is 2.98. The lowest BCUT2D eigenvalue weighted by atomic mass is 10.2. The van der Waals surface area contributed by atoms with Gasteiger partial charge in [0.1, 0.15) is 11.3 Å². The third kappa shape index (κ3) is 2.02. The van der Waals surface area contributed by atoms with Crippen LogP contribution in [-0.2, 0) is 10.0 Å². The van der Waals surface area contributed by atoms with Gasteiger partial charge >= 0.3 is 0 Å². The fourth-order valence-electron chi connectivity index (χ4n) is 1.38. The molecule has 0 unspecified atom stereocenters. The summed E-state index contributed by atoms with van der Waals surface area (Å²) in [5.41, 5.74) is 0.00643. The van der Waals surface area contributed by atoms with Gasteiger partial charge in [-0.15, -0.1) is 0 Å². The van der Waals surface area contributed by atoms with Crippen molar-refractivity contribution in [1.82, 2.24) is 4.98 Å². The van der Waals surface area contributed by atoms with Crippen LogP contribution in [0.4, 0.5) is 4.39 Å². The predicted octanol–water partition coefficient (Wildman–Crippen LogP) is 1.63. The van der Waals surface area contributed by atoms with Crippen LogP contribution < -0.4 is 5.14 Å². The molecule has 2 N–H and O–H groups in total. The van der Waals surface area contributed by atoms with Gasteiger partial charge in [-0.05, 0) is 40.8 Å². The fourth-order valence-corrected chi connectivity index (χ4v) is 2.55. The van der Waals surface area contributed by atoms with E-state index in [-0.39, 0.29) is 15.8 Å². The summed E-state index contributed by atoms with van der Waals surface area (Å²) in [5, 5.41) is 5.25. The Morgan fingerprint density at radius 2 is 2.06 bits per heavy atom. The number of halogens is 2. The van der Waals surface area contributed by atoms with Crippen molar-refractivity contribution < 1.29 is 12.8 Å². The van der Waals surface area contributed by atoms with Gasteiger partial charge in [0.25, 0.3) is 0 Å². The van der Waals surface area contributed by atoms with E-state index in [0.717, 1.165) is 12.1 Å². The second-order valence-electron chi connectivity index (χ2n) is 3.14. The maximum Gasteiger partial charge on any atom is 0.238 e. The zero-order chi connectivity index (χ0) is 11.9. The van der Waals surface area contributed by atoms with Crippen molar-refractivity contribution in [2.75, 3.05) is 0 Å². The molecule has 0 radical (unpaired) electrons. The van der Waals surface area contributed by atoms with Crippen molar-refractivity contribution in [1.29, 1.82) is 0 Å². The molecule has 1 aromatic carbocycles. The number of benzene rings is 1. The molecule has 1 aromatic heterocycles. The van der Waals surface area contributed by atoms with Crippen LogP contribution in [0.15, 0.2) is 29.3 Å². The van der Waals surface area contributed by atoms with Gasteiger partial charge < -0.3 is 0 Å². The summed E-state index contributed by atoms with van der Waals surface area (Å²) in [6.07, 6.45) is 1.46. The molecule has 16 heavy (non-hydrogen) atoms. The molecule has 0 spiro atoms. The Labute approximate surface area is 105 Å². The number of primary sulfonamides is 1. The molecule has 0 bridgehead atoms. The molecule has 84 valence electrons. The summed E-state index contributed by atoms with van der Waals surface area (Å²) < 4.78 is 36.7. The van der Waals surface area contributed by atoms with Crippen LogP contribution in [0.25, 0.3) is 10.9 Å². The standard InChI is InChI=1S/C9H6FIN2O2S/c10-7-1-2-8(16(12,14)15)6-3-5(11)4-13-9(6)7/h1-4H,(H2,12,14,15). The van der Waals surface area contributed by atoms with Crippen LogP contribution in [-0.4, -0.2) is 13.4 Å². The van der Waals surface area contributed by atoms with Crippen LogP contribution in [0.5, 0.6) is 0 Å². The third-order valence-corrected chi connectivity index (χ3v) is 3.59. The van der Waals surface area contributed by atoms with Gasteiger partial charge in [-0.2, -0.15) is 0 Å². The lowest BCUT2D eigenvalue weighted by Crippen LogP contribution is -2.13. The molecular formula is C9H6FIN2O2S. The van der Waals surface area contributed by atoms with Gasteiger partial charge in [-0.1, -0.05) is 0 Å². The number of sulfonamides is 1. The van der Waals surface area contributed by atoms with Crippen molar-refractivity contribution in [2.45, 2.75) is 4.90 Å². The Bertz CT molecular complexity index is 673. The van der Waals surface area contributed by atoms with Crippen LogP contribution in [0.2, 0.25) is 0 Å². The molecule has 2 aromatic rings. The molecule has 0 aliphatic rings. The predicted molar refractivity (Wildman–Crippen MR) is 65.8 cm³/mol. The molecule has 0 saturated carbocycles. The van der Waals surface area contributed by atoms with E-state index in [1.54, 1.807) is 0 Å². The quantitative estimate of drug-likeness (QED) is 0.793. The highest BCUT2D eigenvalue weighted by Gasteiger charge is 2.15. The van der Waals surface area contributed by atoms with Crippen molar-refractivity contribution in [3.63, 3.8) is 0 Å². The average Bonchev–Trinajstić information content (AvgIpc) is 2.15. The first-order chi connectivity index (χ1) is 7.39. The Morgan fingerprint density at radius 1 is 1.38 bits per heavy atom. The van der Waals surface area contributed by atoms with Crippen molar-refractivity contribution in [3.8, 4) is 0 Å². The maximum atomic E-state index is 13.4. The number of aromatic nitrogens is 1. The van der Waals surface area contributed by atoms with E-state index in [1.165, 1.54) is 12.3 Å². The molecule has 0 aliphatic heterocycles. The molecule has 0 aliphatic carbocycles. The van der Waals surface area contributed by atoms with Gasteiger partial charge in [-0.25, -0.2) is 17.9 Å². The van der Waals surface area contributed by atoms with Crippen LogP contribution in [0, 0.1) is 9.39 Å². The number of hydrogen-bond donors (Lipinski definition) is 1. The van der Waals surface area contributed by atoms with E-state index in [1.807, 2.05) is 22.6 Å². The summed E-state index contributed by atoms with van der Waals surface area (Å²) in [6.45, 7) is 0. The monoisotopic (exact) mass is 352 g/mol. The minimum atomic E-state index is -3.87. The molecule has 2 rings (SSSR count). The number of pyridine rings is 1. The highest BCUT2D eigenvalue weighted by molar-refractivity contribution is 14.1. The lowest BCUT2D eigenvalue weighted by Gasteiger charge is -2.05. The minimum absolute atomic E-state index is 0.00643. The third-order valence-electron chi connectivity index (χ3n) is 2.03. The summed E-state index contributed by atoms with van der Waals surface area (Å²) in [5.74, 6) is -0.571. The highest BCUT2D eigenvalue weighted by Crippen LogP contribution is 2.24. The largest absolute Gasteiger partial charge is 0.252 e. The molecule has 0 fully saturated rings. The number of nitrogens with two attached hydrogens (primary N) is 1. The zero-order valence-corrected chi connectivity index (χ0v) is 10.8. The molecule has 0 atom stereocenters. The lowest BCUT2D eigenvalue weighted by molar-refractivity contribution is 0.598. The van der Waals surface area contributed by atoms with E-state index in [4.69, 9.17) is 5.14 Å². The van der Waals surface area contributed by atoms with Gasteiger partial charge in [0, 0.05) is 15.2 Å². The summed E-state index contributed by atoms with van der Waals surface area (Å²) >= 11 is 1.96. The Hall–Kier alpha value is -0.800. The van der Waals surface area contributed by atoms with Crippen molar-refractivity contribution in [3.05, 3.63) is 33.8 Å².